The number of benzene rings is 1. The lowest BCUT2D eigenvalue weighted by Gasteiger charge is -2.22. The topological polar surface area (TPSA) is 21.3 Å². The molecule has 0 saturated heterocycles. The van der Waals surface area contributed by atoms with Crippen molar-refractivity contribution >= 4 is 0 Å². The number of rotatable bonds is 4. The van der Waals surface area contributed by atoms with E-state index in [4.69, 9.17) is 4.74 Å². The fourth-order valence-electron chi connectivity index (χ4n) is 1.93. The third-order valence-electron chi connectivity index (χ3n) is 2.70. The molecule has 18 heavy (non-hydrogen) atoms. The van der Waals surface area contributed by atoms with E-state index in [-0.39, 0.29) is 11.6 Å². The molecule has 0 heterocycles. The van der Waals surface area contributed by atoms with Gasteiger partial charge in [0.1, 0.15) is 5.75 Å². The van der Waals surface area contributed by atoms with Crippen molar-refractivity contribution in [2.45, 2.75) is 66.7 Å². The molecule has 1 N–H and O–H groups in total. The first kappa shape index (κ1) is 15.0. The highest BCUT2D eigenvalue weighted by molar-refractivity contribution is 5.43. The molecule has 102 valence electrons. The van der Waals surface area contributed by atoms with E-state index in [1.54, 1.807) is 0 Å². The van der Waals surface area contributed by atoms with Crippen LogP contribution in [0.4, 0.5) is 0 Å². The summed E-state index contributed by atoms with van der Waals surface area (Å²) in [6.45, 7) is 15.8. The minimum Gasteiger partial charge on any atom is -0.490 e. The normalized spacial score (nSPS) is 12.0. The van der Waals surface area contributed by atoms with Gasteiger partial charge in [-0.3, -0.25) is 0 Å². The summed E-state index contributed by atoms with van der Waals surface area (Å²) >= 11 is 0. The Hall–Kier alpha value is -1.02. The van der Waals surface area contributed by atoms with Crippen molar-refractivity contribution in [2.24, 2.45) is 0 Å². The highest BCUT2D eigenvalue weighted by Gasteiger charge is 2.11. The van der Waals surface area contributed by atoms with Crippen molar-refractivity contribution in [2.75, 3.05) is 0 Å². The molecule has 2 nitrogen and oxygen atoms in total. The molecule has 0 fully saturated rings. The molecule has 2 heteroatoms. The minimum atomic E-state index is 0.148. The minimum absolute atomic E-state index is 0.148. The van der Waals surface area contributed by atoms with Gasteiger partial charge in [0, 0.05) is 12.1 Å². The van der Waals surface area contributed by atoms with Gasteiger partial charge < -0.3 is 10.1 Å². The van der Waals surface area contributed by atoms with Crippen molar-refractivity contribution < 1.29 is 4.74 Å². The zero-order valence-electron chi connectivity index (χ0n) is 12.8. The predicted molar refractivity (Wildman–Crippen MR) is 78.3 cm³/mol. The van der Waals surface area contributed by atoms with E-state index in [0.29, 0.717) is 0 Å². The molecule has 0 radical (unpaired) electrons. The van der Waals surface area contributed by atoms with Gasteiger partial charge in [0.25, 0.3) is 0 Å². The number of hydrogen-bond acceptors (Lipinski definition) is 2. The monoisotopic (exact) mass is 249 g/mol. The molecule has 0 aromatic heterocycles. The molecule has 0 bridgehead atoms. The van der Waals surface area contributed by atoms with Crippen LogP contribution < -0.4 is 10.1 Å². The van der Waals surface area contributed by atoms with Crippen LogP contribution in [0.2, 0.25) is 0 Å². The number of nitrogens with one attached hydrogen (secondary N) is 1. The third-order valence-corrected chi connectivity index (χ3v) is 2.70. The first-order chi connectivity index (χ1) is 8.19. The molecule has 0 saturated carbocycles. The highest BCUT2D eigenvalue weighted by Crippen LogP contribution is 2.26. The molecule has 0 amide bonds. The van der Waals surface area contributed by atoms with Crippen molar-refractivity contribution in [3.05, 3.63) is 28.8 Å². The Morgan fingerprint density at radius 2 is 1.61 bits per heavy atom. The van der Waals surface area contributed by atoms with Gasteiger partial charge >= 0.3 is 0 Å². The van der Waals surface area contributed by atoms with Gasteiger partial charge in [-0.05, 0) is 65.2 Å². The van der Waals surface area contributed by atoms with Crippen LogP contribution in [-0.4, -0.2) is 11.6 Å². The van der Waals surface area contributed by atoms with E-state index in [1.165, 1.54) is 16.7 Å². The Bertz CT molecular complexity index is 379. The predicted octanol–water partition coefficient (Wildman–Crippen LogP) is 3.98. The maximum absolute atomic E-state index is 5.86. The summed E-state index contributed by atoms with van der Waals surface area (Å²) in [5.74, 6) is 1.03. The van der Waals surface area contributed by atoms with Crippen molar-refractivity contribution in [1.29, 1.82) is 0 Å². The summed E-state index contributed by atoms with van der Waals surface area (Å²) in [6.07, 6.45) is 0.223. The zero-order valence-corrected chi connectivity index (χ0v) is 12.8. The SMILES string of the molecule is Cc1cc(CNC(C)(C)C)cc(C)c1OC(C)C. The Kier molecular flexibility index (Phi) is 4.80. The van der Waals surface area contributed by atoms with Gasteiger partial charge in [-0.15, -0.1) is 0 Å². The van der Waals surface area contributed by atoms with Crippen molar-refractivity contribution in [3.8, 4) is 5.75 Å². The summed E-state index contributed by atoms with van der Waals surface area (Å²) in [5.41, 5.74) is 3.90. The zero-order chi connectivity index (χ0) is 13.9. The second kappa shape index (κ2) is 5.75. The standard InChI is InChI=1S/C16H27NO/c1-11(2)18-15-12(3)8-14(9-13(15)4)10-17-16(5,6)7/h8-9,11,17H,10H2,1-7H3. The fourth-order valence-corrected chi connectivity index (χ4v) is 1.93. The highest BCUT2D eigenvalue weighted by atomic mass is 16.5. The second-order valence-electron chi connectivity index (χ2n) is 6.33. The van der Waals surface area contributed by atoms with Crippen LogP contribution in [0.5, 0.6) is 5.75 Å². The maximum Gasteiger partial charge on any atom is 0.125 e. The molecule has 0 aliphatic carbocycles. The average molecular weight is 249 g/mol. The van der Waals surface area contributed by atoms with Gasteiger partial charge in [0.15, 0.2) is 0 Å². The van der Waals surface area contributed by atoms with E-state index in [0.717, 1.165) is 12.3 Å². The Morgan fingerprint density at radius 1 is 1.11 bits per heavy atom. The molecular weight excluding hydrogens is 222 g/mol. The van der Waals surface area contributed by atoms with Crippen LogP contribution in [0.15, 0.2) is 12.1 Å². The largest absolute Gasteiger partial charge is 0.490 e. The van der Waals surface area contributed by atoms with E-state index < -0.39 is 0 Å². The molecule has 1 aromatic carbocycles. The van der Waals surface area contributed by atoms with Gasteiger partial charge in [-0.2, -0.15) is 0 Å². The van der Waals surface area contributed by atoms with Crippen LogP contribution in [0.25, 0.3) is 0 Å². The molecule has 1 aromatic rings. The number of aryl methyl sites for hydroxylation is 2. The molecular formula is C16H27NO. The lowest BCUT2D eigenvalue weighted by molar-refractivity contribution is 0.239. The first-order valence-electron chi connectivity index (χ1n) is 6.71. The molecule has 0 unspecified atom stereocenters. The molecule has 0 spiro atoms. The fraction of sp³-hybridized carbons (Fsp3) is 0.625. The maximum atomic E-state index is 5.86. The average Bonchev–Trinajstić information content (AvgIpc) is 2.19. The molecule has 0 aliphatic heterocycles. The van der Waals surface area contributed by atoms with Gasteiger partial charge in [0.2, 0.25) is 0 Å². The Labute approximate surface area is 112 Å². The summed E-state index contributed by atoms with van der Waals surface area (Å²) in [5, 5.41) is 3.51. The summed E-state index contributed by atoms with van der Waals surface area (Å²) < 4.78 is 5.86. The van der Waals surface area contributed by atoms with Crippen molar-refractivity contribution in [1.82, 2.24) is 5.32 Å². The third kappa shape index (κ3) is 4.69. The lowest BCUT2D eigenvalue weighted by atomic mass is 10.0. The molecule has 1 rings (SSSR count). The molecule has 0 aliphatic rings. The smallest absolute Gasteiger partial charge is 0.125 e. The van der Waals surface area contributed by atoms with Crippen LogP contribution >= 0.6 is 0 Å². The second-order valence-corrected chi connectivity index (χ2v) is 6.33. The van der Waals surface area contributed by atoms with E-state index in [9.17, 15) is 0 Å². The van der Waals surface area contributed by atoms with Crippen molar-refractivity contribution in [3.63, 3.8) is 0 Å². The van der Waals surface area contributed by atoms with Crippen LogP contribution in [0.3, 0.4) is 0 Å². The van der Waals surface area contributed by atoms with Crippen LogP contribution in [-0.2, 0) is 6.54 Å². The van der Waals surface area contributed by atoms with Gasteiger partial charge in [-0.25, -0.2) is 0 Å². The summed E-state index contributed by atoms with van der Waals surface area (Å²) in [7, 11) is 0. The van der Waals surface area contributed by atoms with Gasteiger partial charge in [0.05, 0.1) is 6.10 Å². The number of hydrogen-bond donors (Lipinski definition) is 1. The first-order valence-corrected chi connectivity index (χ1v) is 6.71. The Morgan fingerprint density at radius 3 is 2.00 bits per heavy atom. The summed E-state index contributed by atoms with van der Waals surface area (Å²) in [6, 6.07) is 4.42. The molecule has 0 atom stereocenters. The quantitative estimate of drug-likeness (QED) is 0.871. The Balaban J connectivity index is 2.86. The van der Waals surface area contributed by atoms with E-state index in [2.05, 4.69) is 65.9 Å². The number of ether oxygens (including phenoxy) is 1. The van der Waals surface area contributed by atoms with Crippen LogP contribution in [0.1, 0.15) is 51.3 Å². The van der Waals surface area contributed by atoms with E-state index >= 15 is 0 Å². The van der Waals surface area contributed by atoms with Gasteiger partial charge in [-0.1, -0.05) is 12.1 Å². The summed E-state index contributed by atoms with van der Waals surface area (Å²) in [4.78, 5) is 0. The van der Waals surface area contributed by atoms with Crippen LogP contribution in [0, 0.1) is 13.8 Å². The lowest BCUT2D eigenvalue weighted by Crippen LogP contribution is -2.35. The van der Waals surface area contributed by atoms with E-state index in [1.807, 2.05) is 0 Å².